The van der Waals surface area contributed by atoms with Gasteiger partial charge in [0, 0.05) is 25.3 Å². The third-order valence-electron chi connectivity index (χ3n) is 7.34. The van der Waals surface area contributed by atoms with Crippen LogP contribution in [-0.2, 0) is 14.8 Å². The molecule has 2 aliphatic rings. The molecule has 1 amide bonds. The Balaban J connectivity index is 1.42. The smallest absolute Gasteiger partial charge is 0.260 e. The number of para-hydroxylation sites is 1. The van der Waals surface area contributed by atoms with E-state index in [0.717, 1.165) is 49.6 Å². The summed E-state index contributed by atoms with van der Waals surface area (Å²) in [5.41, 5.74) is 1.12. The molecule has 0 bridgehead atoms. The van der Waals surface area contributed by atoms with Gasteiger partial charge in [-0.2, -0.15) is 4.31 Å². The summed E-state index contributed by atoms with van der Waals surface area (Å²) in [6.45, 7) is 1.06. The maximum Gasteiger partial charge on any atom is 0.260 e. The van der Waals surface area contributed by atoms with Crippen LogP contribution >= 0.6 is 11.3 Å². The molecule has 8 nitrogen and oxygen atoms in total. The number of nitrogens with zero attached hydrogens (tertiary/aromatic N) is 3. The van der Waals surface area contributed by atoms with Crippen LogP contribution in [0.4, 0.5) is 5.13 Å². The molecule has 3 aromatic rings. The molecule has 1 unspecified atom stereocenters. The number of carbonyl (C=O) groups is 1. The highest BCUT2D eigenvalue weighted by molar-refractivity contribution is 7.89. The molecule has 5 rings (SSSR count). The Labute approximate surface area is 222 Å². The van der Waals surface area contributed by atoms with Crippen LogP contribution in [0, 0.1) is 0 Å². The van der Waals surface area contributed by atoms with E-state index in [4.69, 9.17) is 14.5 Å². The molecule has 1 aromatic heterocycles. The van der Waals surface area contributed by atoms with Crippen LogP contribution in [0.5, 0.6) is 5.75 Å². The van der Waals surface area contributed by atoms with Crippen LogP contribution in [0.2, 0.25) is 0 Å². The van der Waals surface area contributed by atoms with Gasteiger partial charge in [-0.05, 0) is 62.1 Å². The molecule has 1 aliphatic carbocycles. The third-order valence-corrected chi connectivity index (χ3v) is 10.3. The molecule has 0 radical (unpaired) electrons. The Hall–Kier alpha value is -2.53. The summed E-state index contributed by atoms with van der Waals surface area (Å²) in [6, 6.07) is 12.0. The largest absolute Gasteiger partial charge is 0.494 e. The van der Waals surface area contributed by atoms with E-state index in [2.05, 4.69) is 0 Å². The summed E-state index contributed by atoms with van der Waals surface area (Å²) < 4.78 is 40.2. The lowest BCUT2D eigenvalue weighted by molar-refractivity contribution is 0.0917. The molecular weight excluding hydrogens is 510 g/mol. The molecule has 198 valence electrons. The average molecular weight is 544 g/mol. The standard InChI is InChI=1S/C27H33N3O5S2/c1-29(20-8-4-3-5-9-20)37(32,33)22-15-13-19(14-16-22)26(31)30(18-21-10-7-17-35-21)27-28-25-23(34-2)11-6-12-24(25)36-27/h6,11-16,20-21H,3-5,7-10,17-18H2,1-2H3. The van der Waals surface area contributed by atoms with Crippen molar-refractivity contribution in [1.29, 1.82) is 0 Å². The van der Waals surface area contributed by atoms with Gasteiger partial charge in [0.25, 0.3) is 5.91 Å². The zero-order chi connectivity index (χ0) is 26.0. The number of amides is 1. The molecule has 2 aromatic carbocycles. The Morgan fingerprint density at radius 3 is 2.51 bits per heavy atom. The Morgan fingerprint density at radius 2 is 1.84 bits per heavy atom. The van der Waals surface area contributed by atoms with Crippen LogP contribution in [0.3, 0.4) is 0 Å². The number of benzene rings is 2. The number of aromatic nitrogens is 1. The fourth-order valence-corrected chi connectivity index (χ4v) is 7.57. The van der Waals surface area contributed by atoms with Gasteiger partial charge in [0.2, 0.25) is 10.0 Å². The summed E-state index contributed by atoms with van der Waals surface area (Å²) in [5, 5.41) is 0.564. The quantitative estimate of drug-likeness (QED) is 0.394. The number of anilines is 1. The normalized spacial score (nSPS) is 18.9. The van der Waals surface area contributed by atoms with Gasteiger partial charge in [-0.25, -0.2) is 13.4 Å². The molecule has 0 spiro atoms. The maximum absolute atomic E-state index is 13.8. The van der Waals surface area contributed by atoms with Gasteiger partial charge in [-0.3, -0.25) is 9.69 Å². The van der Waals surface area contributed by atoms with Crippen molar-refractivity contribution >= 4 is 42.6 Å². The van der Waals surface area contributed by atoms with E-state index < -0.39 is 10.0 Å². The first-order chi connectivity index (χ1) is 17.9. The number of thiazole rings is 1. The number of hydrogen-bond donors (Lipinski definition) is 0. The zero-order valence-corrected chi connectivity index (χ0v) is 22.9. The lowest BCUT2D eigenvalue weighted by Crippen LogP contribution is -2.38. The molecule has 37 heavy (non-hydrogen) atoms. The molecule has 1 atom stereocenters. The molecule has 2 fully saturated rings. The van der Waals surface area contributed by atoms with Crippen molar-refractivity contribution in [2.24, 2.45) is 0 Å². The molecule has 0 N–H and O–H groups in total. The first-order valence-corrected chi connectivity index (χ1v) is 15.1. The minimum atomic E-state index is -3.63. The highest BCUT2D eigenvalue weighted by Gasteiger charge is 2.31. The second-order valence-electron chi connectivity index (χ2n) is 9.69. The first kappa shape index (κ1) is 26.1. The Morgan fingerprint density at radius 1 is 1.08 bits per heavy atom. The van der Waals surface area contributed by atoms with Gasteiger partial charge in [0.15, 0.2) is 5.13 Å². The molecule has 2 heterocycles. The summed E-state index contributed by atoms with van der Waals surface area (Å²) in [6.07, 6.45) is 6.80. The van der Waals surface area contributed by atoms with E-state index in [9.17, 15) is 13.2 Å². The van der Waals surface area contributed by atoms with Crippen molar-refractivity contribution in [1.82, 2.24) is 9.29 Å². The van der Waals surface area contributed by atoms with Crippen molar-refractivity contribution in [3.8, 4) is 5.75 Å². The number of hydrogen-bond acceptors (Lipinski definition) is 7. The van der Waals surface area contributed by atoms with Crippen LogP contribution in [0.1, 0.15) is 55.3 Å². The molecular formula is C27H33N3O5S2. The van der Waals surface area contributed by atoms with Gasteiger partial charge in [-0.1, -0.05) is 36.7 Å². The van der Waals surface area contributed by atoms with Gasteiger partial charge >= 0.3 is 0 Å². The fourth-order valence-electron chi connectivity index (χ4n) is 5.16. The zero-order valence-electron chi connectivity index (χ0n) is 21.3. The van der Waals surface area contributed by atoms with E-state index in [1.807, 2.05) is 18.2 Å². The number of sulfonamides is 1. The summed E-state index contributed by atoms with van der Waals surface area (Å²) in [4.78, 5) is 20.3. The van der Waals surface area contributed by atoms with E-state index in [-0.39, 0.29) is 22.9 Å². The van der Waals surface area contributed by atoms with Crippen LogP contribution in [0.25, 0.3) is 10.2 Å². The minimum absolute atomic E-state index is 0.0259. The lowest BCUT2D eigenvalue weighted by atomic mass is 9.96. The summed E-state index contributed by atoms with van der Waals surface area (Å²) >= 11 is 1.42. The van der Waals surface area contributed by atoms with E-state index in [0.29, 0.717) is 35.1 Å². The topological polar surface area (TPSA) is 89.0 Å². The van der Waals surface area contributed by atoms with Crippen LogP contribution < -0.4 is 9.64 Å². The fraction of sp³-hybridized carbons (Fsp3) is 0.481. The van der Waals surface area contributed by atoms with E-state index >= 15 is 0 Å². The Kier molecular flexibility index (Phi) is 7.80. The van der Waals surface area contributed by atoms with Crippen molar-refractivity contribution in [2.45, 2.75) is 62.0 Å². The van der Waals surface area contributed by atoms with Gasteiger partial charge in [0.05, 0.1) is 29.4 Å². The van der Waals surface area contributed by atoms with E-state index in [1.54, 1.807) is 31.2 Å². The van der Waals surface area contributed by atoms with Crippen molar-refractivity contribution in [2.75, 3.05) is 32.2 Å². The Bertz CT molecular complexity index is 1340. The monoisotopic (exact) mass is 543 g/mol. The average Bonchev–Trinajstić information content (AvgIpc) is 3.61. The minimum Gasteiger partial charge on any atom is -0.494 e. The van der Waals surface area contributed by atoms with Crippen molar-refractivity contribution < 1.29 is 22.7 Å². The SMILES string of the molecule is COc1cccc2sc(N(CC3CCCO3)C(=O)c3ccc(S(=O)(=O)N(C)C4CCCCC4)cc3)nc12. The highest BCUT2D eigenvalue weighted by Crippen LogP contribution is 2.35. The summed E-state index contributed by atoms with van der Waals surface area (Å²) in [7, 11) is -0.370. The molecule has 1 aliphatic heterocycles. The number of fused-ring (bicyclic) bond motifs is 1. The maximum atomic E-state index is 13.8. The molecule has 1 saturated carbocycles. The first-order valence-electron chi connectivity index (χ1n) is 12.8. The van der Waals surface area contributed by atoms with Crippen molar-refractivity contribution in [3.05, 3.63) is 48.0 Å². The predicted octanol–water partition coefficient (Wildman–Crippen LogP) is 5.08. The lowest BCUT2D eigenvalue weighted by Gasteiger charge is -2.30. The predicted molar refractivity (Wildman–Crippen MR) is 145 cm³/mol. The molecule has 10 heteroatoms. The van der Waals surface area contributed by atoms with Gasteiger partial charge in [-0.15, -0.1) is 0 Å². The van der Waals surface area contributed by atoms with Crippen molar-refractivity contribution in [3.63, 3.8) is 0 Å². The van der Waals surface area contributed by atoms with Crippen LogP contribution in [-0.4, -0.2) is 63.1 Å². The number of methoxy groups -OCH3 is 1. The summed E-state index contributed by atoms with van der Waals surface area (Å²) in [5.74, 6) is 0.416. The van der Waals surface area contributed by atoms with Crippen LogP contribution in [0.15, 0.2) is 47.4 Å². The number of ether oxygens (including phenoxy) is 2. The van der Waals surface area contributed by atoms with Gasteiger partial charge in [0.1, 0.15) is 11.3 Å². The second kappa shape index (κ2) is 11.1. The third kappa shape index (κ3) is 5.38. The number of carbonyl (C=O) groups excluding carboxylic acids is 1. The van der Waals surface area contributed by atoms with E-state index in [1.165, 1.54) is 27.8 Å². The molecule has 1 saturated heterocycles. The number of rotatable bonds is 8. The van der Waals surface area contributed by atoms with Gasteiger partial charge < -0.3 is 9.47 Å². The second-order valence-corrected chi connectivity index (χ2v) is 12.7. The highest BCUT2D eigenvalue weighted by atomic mass is 32.2.